The van der Waals surface area contributed by atoms with Gasteiger partial charge >= 0.3 is 0 Å². The van der Waals surface area contributed by atoms with E-state index in [4.69, 9.17) is 16.3 Å². The average Bonchev–Trinajstić information content (AvgIpc) is 3.01. The molecule has 0 N–H and O–H groups in total. The highest BCUT2D eigenvalue weighted by Gasteiger charge is 2.26. The van der Waals surface area contributed by atoms with Crippen molar-refractivity contribution in [1.82, 2.24) is 9.80 Å². The third-order valence-corrected chi connectivity index (χ3v) is 6.90. The van der Waals surface area contributed by atoms with Crippen molar-refractivity contribution in [2.24, 2.45) is 0 Å². The Morgan fingerprint density at radius 2 is 1.47 bits per heavy atom. The smallest absolute Gasteiger partial charge is 0.224 e. The highest BCUT2D eigenvalue weighted by molar-refractivity contribution is 6.30. The SMILES string of the molecule is COc1cc(C(C)C)ccc(CN2CCN(C(c3ccccc3)c3ccc(Cl)cc3)CC2)c1=O. The maximum absolute atomic E-state index is 13.0. The Bertz CT molecular complexity index is 1140. The maximum Gasteiger partial charge on any atom is 0.224 e. The van der Waals surface area contributed by atoms with Gasteiger partial charge in [0.25, 0.3) is 0 Å². The number of ether oxygens (including phenoxy) is 1. The van der Waals surface area contributed by atoms with E-state index in [0.717, 1.165) is 42.3 Å². The second-order valence-electron chi connectivity index (χ2n) is 9.23. The summed E-state index contributed by atoms with van der Waals surface area (Å²) in [4.78, 5) is 17.9. The molecule has 1 aliphatic rings. The van der Waals surface area contributed by atoms with E-state index < -0.39 is 0 Å². The van der Waals surface area contributed by atoms with Gasteiger partial charge in [-0.2, -0.15) is 0 Å². The van der Waals surface area contributed by atoms with Crippen molar-refractivity contribution in [2.45, 2.75) is 32.4 Å². The first-order valence-electron chi connectivity index (χ1n) is 11.9. The monoisotopic (exact) mass is 476 g/mol. The third kappa shape index (κ3) is 5.69. The second-order valence-corrected chi connectivity index (χ2v) is 9.67. The molecule has 3 aromatic rings. The summed E-state index contributed by atoms with van der Waals surface area (Å²) in [6.45, 7) is 8.52. The summed E-state index contributed by atoms with van der Waals surface area (Å²) in [5.74, 6) is 0.758. The van der Waals surface area contributed by atoms with Gasteiger partial charge in [-0.1, -0.05) is 80.0 Å². The van der Waals surface area contributed by atoms with Gasteiger partial charge in [-0.15, -0.1) is 0 Å². The van der Waals surface area contributed by atoms with Gasteiger partial charge in [0.1, 0.15) is 0 Å². The molecule has 34 heavy (non-hydrogen) atoms. The highest BCUT2D eigenvalue weighted by Crippen LogP contribution is 2.30. The first-order chi connectivity index (χ1) is 16.5. The summed E-state index contributed by atoms with van der Waals surface area (Å²) in [5.41, 5.74) is 4.40. The average molecular weight is 477 g/mol. The largest absolute Gasteiger partial charge is 0.493 e. The fraction of sp³-hybridized carbons (Fsp3) is 0.345. The van der Waals surface area contributed by atoms with Gasteiger partial charge in [-0.25, -0.2) is 0 Å². The molecule has 0 radical (unpaired) electrons. The van der Waals surface area contributed by atoms with E-state index in [1.165, 1.54) is 11.1 Å². The lowest BCUT2D eigenvalue weighted by Crippen LogP contribution is -2.47. The number of halogens is 1. The van der Waals surface area contributed by atoms with Gasteiger partial charge in [0.05, 0.1) is 13.2 Å². The van der Waals surface area contributed by atoms with Crippen molar-refractivity contribution >= 4 is 11.6 Å². The van der Waals surface area contributed by atoms with E-state index in [-0.39, 0.29) is 11.5 Å². The van der Waals surface area contributed by atoms with Gasteiger partial charge in [0.2, 0.25) is 5.43 Å². The van der Waals surface area contributed by atoms with Crippen LogP contribution in [0, 0.1) is 0 Å². The summed E-state index contributed by atoms with van der Waals surface area (Å²) in [7, 11) is 1.57. The molecule has 5 heteroatoms. The first kappa shape index (κ1) is 24.5. The van der Waals surface area contributed by atoms with Crippen LogP contribution in [0.3, 0.4) is 0 Å². The molecule has 0 amide bonds. The van der Waals surface area contributed by atoms with Crippen molar-refractivity contribution in [3.8, 4) is 5.75 Å². The molecule has 178 valence electrons. The lowest BCUT2D eigenvalue weighted by Gasteiger charge is -2.39. The first-order valence-corrected chi connectivity index (χ1v) is 12.3. The molecule has 4 rings (SSSR count). The van der Waals surface area contributed by atoms with E-state index in [0.29, 0.717) is 18.2 Å². The van der Waals surface area contributed by atoms with Crippen molar-refractivity contribution in [3.05, 3.63) is 110 Å². The predicted octanol–water partition coefficient (Wildman–Crippen LogP) is 5.74. The van der Waals surface area contributed by atoms with Crippen LogP contribution in [0.15, 0.2) is 77.6 Å². The second kappa shape index (κ2) is 11.2. The van der Waals surface area contributed by atoms with Gasteiger partial charge in [-0.3, -0.25) is 14.6 Å². The van der Waals surface area contributed by atoms with Crippen molar-refractivity contribution in [1.29, 1.82) is 0 Å². The Balaban J connectivity index is 1.52. The van der Waals surface area contributed by atoms with Crippen LogP contribution < -0.4 is 10.2 Å². The van der Waals surface area contributed by atoms with Crippen molar-refractivity contribution < 1.29 is 4.74 Å². The van der Waals surface area contributed by atoms with Crippen LogP contribution in [0.1, 0.15) is 48.1 Å². The van der Waals surface area contributed by atoms with Crippen LogP contribution in [0.2, 0.25) is 5.02 Å². The third-order valence-electron chi connectivity index (χ3n) is 6.64. The van der Waals surface area contributed by atoms with E-state index in [2.05, 4.69) is 72.2 Å². The van der Waals surface area contributed by atoms with Crippen molar-refractivity contribution in [2.75, 3.05) is 33.3 Å². The maximum atomic E-state index is 13.0. The van der Waals surface area contributed by atoms with Crippen LogP contribution in [-0.4, -0.2) is 43.1 Å². The molecule has 1 aliphatic heterocycles. The molecule has 4 nitrogen and oxygen atoms in total. The number of hydrogen-bond donors (Lipinski definition) is 0. The number of methoxy groups -OCH3 is 1. The minimum atomic E-state index is -0.0137. The topological polar surface area (TPSA) is 32.8 Å². The molecule has 0 bridgehead atoms. The lowest BCUT2D eigenvalue weighted by atomic mass is 9.96. The van der Waals surface area contributed by atoms with Gasteiger partial charge in [0.15, 0.2) is 5.75 Å². The summed E-state index contributed by atoms with van der Waals surface area (Å²) in [5, 5.41) is 0.751. The molecule has 1 saturated heterocycles. The Morgan fingerprint density at radius 3 is 2.09 bits per heavy atom. The fourth-order valence-electron chi connectivity index (χ4n) is 4.65. The zero-order valence-corrected chi connectivity index (χ0v) is 21.0. The van der Waals surface area contributed by atoms with E-state index >= 15 is 0 Å². The fourth-order valence-corrected chi connectivity index (χ4v) is 4.77. The minimum Gasteiger partial charge on any atom is -0.493 e. The van der Waals surface area contributed by atoms with Crippen LogP contribution in [0.4, 0.5) is 0 Å². The normalized spacial score (nSPS) is 15.9. The molecular formula is C29H33ClN2O2. The Morgan fingerprint density at radius 1 is 0.853 bits per heavy atom. The number of benzene rings is 2. The Labute approximate surface area is 207 Å². The molecule has 1 heterocycles. The lowest BCUT2D eigenvalue weighted by molar-refractivity contribution is 0.104. The molecule has 1 unspecified atom stereocenters. The molecule has 1 fully saturated rings. The summed E-state index contributed by atoms with van der Waals surface area (Å²) in [6.07, 6.45) is 0. The van der Waals surface area contributed by atoms with Crippen LogP contribution >= 0.6 is 11.6 Å². The number of hydrogen-bond acceptors (Lipinski definition) is 4. The number of piperazine rings is 1. The van der Waals surface area contributed by atoms with E-state index in [1.54, 1.807) is 7.11 Å². The van der Waals surface area contributed by atoms with Gasteiger partial charge in [0, 0.05) is 43.3 Å². The summed E-state index contributed by atoms with van der Waals surface area (Å²) in [6, 6.07) is 24.9. The Kier molecular flexibility index (Phi) is 8.04. The Hall–Kier alpha value is -2.66. The molecule has 0 aromatic heterocycles. The van der Waals surface area contributed by atoms with E-state index in [9.17, 15) is 4.79 Å². The highest BCUT2D eigenvalue weighted by atomic mass is 35.5. The molecular weight excluding hydrogens is 444 g/mol. The molecule has 0 saturated carbocycles. The van der Waals surface area contributed by atoms with Gasteiger partial charge < -0.3 is 4.74 Å². The van der Waals surface area contributed by atoms with Crippen LogP contribution in [-0.2, 0) is 6.54 Å². The summed E-state index contributed by atoms with van der Waals surface area (Å²) >= 11 is 6.16. The zero-order valence-electron chi connectivity index (χ0n) is 20.2. The minimum absolute atomic E-state index is 0.0137. The predicted molar refractivity (Wildman–Crippen MR) is 140 cm³/mol. The quantitative estimate of drug-likeness (QED) is 0.435. The van der Waals surface area contributed by atoms with E-state index in [1.807, 2.05) is 24.3 Å². The number of nitrogens with zero attached hydrogens (tertiary/aromatic N) is 2. The van der Waals surface area contributed by atoms with Crippen molar-refractivity contribution in [3.63, 3.8) is 0 Å². The van der Waals surface area contributed by atoms with Crippen LogP contribution in [0.25, 0.3) is 0 Å². The molecule has 0 spiro atoms. The molecule has 0 aliphatic carbocycles. The molecule has 1 atom stereocenters. The molecule has 3 aromatic carbocycles. The van der Waals surface area contributed by atoms with Gasteiger partial charge in [-0.05, 0) is 40.8 Å². The summed E-state index contributed by atoms with van der Waals surface area (Å²) < 4.78 is 5.43. The zero-order chi connectivity index (χ0) is 24.1. The standard InChI is InChI=1S/C29H33ClN2O2/c1-21(2)24-9-10-25(29(33)27(19-24)34-3)20-31-15-17-32(18-16-31)28(22-7-5-4-6-8-22)23-11-13-26(30)14-12-23/h4-14,19,21,28H,15-18,20H2,1-3H3. The number of rotatable bonds is 7. The van der Waals surface area contributed by atoms with Crippen LogP contribution in [0.5, 0.6) is 5.75 Å².